The summed E-state index contributed by atoms with van der Waals surface area (Å²) in [4.78, 5) is 17.6. The van der Waals surface area contributed by atoms with Gasteiger partial charge in [-0.05, 0) is 39.8 Å². The van der Waals surface area contributed by atoms with Gasteiger partial charge in [0.05, 0.1) is 5.69 Å². The van der Waals surface area contributed by atoms with Crippen LogP contribution in [0.3, 0.4) is 0 Å². The fraction of sp³-hybridized carbons (Fsp3) is 0.529. The van der Waals surface area contributed by atoms with Gasteiger partial charge in [0.25, 0.3) is 0 Å². The van der Waals surface area contributed by atoms with Crippen LogP contribution < -0.4 is 10.6 Å². The van der Waals surface area contributed by atoms with Crippen LogP contribution in [0.25, 0.3) is 0 Å². The van der Waals surface area contributed by atoms with Crippen molar-refractivity contribution in [1.82, 2.24) is 25.3 Å². The zero-order valence-electron chi connectivity index (χ0n) is 13.8. The van der Waals surface area contributed by atoms with Crippen molar-refractivity contribution in [3.63, 3.8) is 0 Å². The second-order valence-electron chi connectivity index (χ2n) is 6.20. The standard InChI is InChI=1S/C17H24N6/c1-12(9-15-11-19-7-8-20-15)21-17-10-16(22-13(2)23-17)14-3-5-18-6-4-14/h7-8,10-12,14,18H,3-6,9H2,1-2H3,(H,21,22,23)/t12-/m1/s1. The molecule has 1 aliphatic rings. The lowest BCUT2D eigenvalue weighted by atomic mass is 9.94. The van der Waals surface area contributed by atoms with Crippen LogP contribution in [-0.4, -0.2) is 39.1 Å². The Balaban J connectivity index is 1.68. The molecule has 0 radical (unpaired) electrons. The summed E-state index contributed by atoms with van der Waals surface area (Å²) in [5.74, 6) is 2.27. The molecule has 0 spiro atoms. The third-order valence-corrected chi connectivity index (χ3v) is 4.14. The highest BCUT2D eigenvalue weighted by atomic mass is 15.0. The van der Waals surface area contributed by atoms with Gasteiger partial charge in [-0.25, -0.2) is 9.97 Å². The van der Waals surface area contributed by atoms with E-state index in [1.54, 1.807) is 12.4 Å². The van der Waals surface area contributed by atoms with Gasteiger partial charge in [0.1, 0.15) is 11.6 Å². The molecule has 0 saturated carbocycles. The summed E-state index contributed by atoms with van der Waals surface area (Å²) in [6, 6.07) is 2.35. The summed E-state index contributed by atoms with van der Waals surface area (Å²) in [6.45, 7) is 6.23. The van der Waals surface area contributed by atoms with E-state index in [0.717, 1.165) is 55.4 Å². The normalized spacial score (nSPS) is 17.0. The highest BCUT2D eigenvalue weighted by Crippen LogP contribution is 2.25. The van der Waals surface area contributed by atoms with Crippen molar-refractivity contribution >= 4 is 5.82 Å². The Morgan fingerprint density at radius 3 is 2.83 bits per heavy atom. The molecule has 2 N–H and O–H groups in total. The summed E-state index contributed by atoms with van der Waals surface area (Å²) in [5, 5.41) is 6.88. The van der Waals surface area contributed by atoms with Crippen molar-refractivity contribution in [2.24, 2.45) is 0 Å². The minimum Gasteiger partial charge on any atom is -0.367 e. The molecular formula is C17H24N6. The fourth-order valence-electron chi connectivity index (χ4n) is 3.04. The van der Waals surface area contributed by atoms with E-state index in [1.807, 2.05) is 13.1 Å². The lowest BCUT2D eigenvalue weighted by Crippen LogP contribution is -2.27. The number of hydrogen-bond acceptors (Lipinski definition) is 6. The van der Waals surface area contributed by atoms with Crippen LogP contribution in [0.2, 0.25) is 0 Å². The van der Waals surface area contributed by atoms with Gasteiger partial charge in [0.2, 0.25) is 0 Å². The highest BCUT2D eigenvalue weighted by molar-refractivity contribution is 5.38. The zero-order valence-corrected chi connectivity index (χ0v) is 13.8. The van der Waals surface area contributed by atoms with E-state index < -0.39 is 0 Å². The van der Waals surface area contributed by atoms with Crippen molar-refractivity contribution < 1.29 is 0 Å². The van der Waals surface area contributed by atoms with Crippen LogP contribution in [0.5, 0.6) is 0 Å². The number of rotatable bonds is 5. The molecule has 0 aromatic carbocycles. The van der Waals surface area contributed by atoms with E-state index >= 15 is 0 Å². The summed E-state index contributed by atoms with van der Waals surface area (Å²) in [7, 11) is 0. The molecule has 2 aromatic heterocycles. The molecule has 0 amide bonds. The molecule has 0 unspecified atom stereocenters. The third-order valence-electron chi connectivity index (χ3n) is 4.14. The molecule has 1 atom stereocenters. The Labute approximate surface area is 137 Å². The van der Waals surface area contributed by atoms with Gasteiger partial charge in [-0.15, -0.1) is 0 Å². The molecule has 2 aromatic rings. The van der Waals surface area contributed by atoms with E-state index in [1.165, 1.54) is 0 Å². The number of nitrogens with one attached hydrogen (secondary N) is 2. The third kappa shape index (κ3) is 4.45. The summed E-state index contributed by atoms with van der Waals surface area (Å²) >= 11 is 0. The van der Waals surface area contributed by atoms with E-state index in [-0.39, 0.29) is 6.04 Å². The molecule has 3 rings (SSSR count). The fourth-order valence-corrected chi connectivity index (χ4v) is 3.04. The smallest absolute Gasteiger partial charge is 0.130 e. The molecule has 1 fully saturated rings. The summed E-state index contributed by atoms with van der Waals surface area (Å²) < 4.78 is 0. The second-order valence-corrected chi connectivity index (χ2v) is 6.20. The van der Waals surface area contributed by atoms with Crippen LogP contribution in [0.1, 0.15) is 42.9 Å². The number of anilines is 1. The predicted octanol–water partition coefficient (Wildman–Crippen LogP) is 2.09. The Bertz CT molecular complexity index is 624. The number of aromatic nitrogens is 4. The summed E-state index contributed by atoms with van der Waals surface area (Å²) in [6.07, 6.45) is 8.34. The molecule has 0 bridgehead atoms. The number of hydrogen-bond donors (Lipinski definition) is 2. The monoisotopic (exact) mass is 312 g/mol. The Morgan fingerprint density at radius 1 is 1.26 bits per heavy atom. The first kappa shape index (κ1) is 15.8. The molecule has 6 heteroatoms. The maximum absolute atomic E-state index is 4.65. The van der Waals surface area contributed by atoms with Gasteiger partial charge >= 0.3 is 0 Å². The van der Waals surface area contributed by atoms with Crippen molar-refractivity contribution in [1.29, 1.82) is 0 Å². The highest BCUT2D eigenvalue weighted by Gasteiger charge is 2.18. The Kier molecular flexibility index (Phi) is 5.12. The van der Waals surface area contributed by atoms with Gasteiger partial charge in [-0.3, -0.25) is 9.97 Å². The van der Waals surface area contributed by atoms with Crippen LogP contribution in [0, 0.1) is 6.92 Å². The number of piperidine rings is 1. The first-order valence-electron chi connectivity index (χ1n) is 8.28. The molecule has 1 saturated heterocycles. The SMILES string of the molecule is Cc1nc(N[C@H](C)Cc2cnccn2)cc(C2CCNCC2)n1. The van der Waals surface area contributed by atoms with Gasteiger partial charge in [0, 0.05) is 48.7 Å². The van der Waals surface area contributed by atoms with Crippen molar-refractivity contribution in [3.8, 4) is 0 Å². The topological polar surface area (TPSA) is 75.6 Å². The van der Waals surface area contributed by atoms with Crippen LogP contribution >= 0.6 is 0 Å². The van der Waals surface area contributed by atoms with E-state index in [0.29, 0.717) is 5.92 Å². The zero-order chi connectivity index (χ0) is 16.1. The predicted molar refractivity (Wildman–Crippen MR) is 90.4 cm³/mol. The second kappa shape index (κ2) is 7.46. The van der Waals surface area contributed by atoms with Gasteiger partial charge < -0.3 is 10.6 Å². The molecule has 122 valence electrons. The maximum Gasteiger partial charge on any atom is 0.130 e. The molecule has 1 aliphatic heterocycles. The summed E-state index contributed by atoms with van der Waals surface area (Å²) in [5.41, 5.74) is 2.14. The number of aryl methyl sites for hydroxylation is 1. The van der Waals surface area contributed by atoms with Crippen LogP contribution in [0.15, 0.2) is 24.7 Å². The van der Waals surface area contributed by atoms with Crippen LogP contribution in [-0.2, 0) is 6.42 Å². The largest absolute Gasteiger partial charge is 0.367 e. The average Bonchev–Trinajstić information content (AvgIpc) is 2.56. The number of nitrogens with zero attached hydrogens (tertiary/aromatic N) is 4. The Morgan fingerprint density at radius 2 is 2.09 bits per heavy atom. The quantitative estimate of drug-likeness (QED) is 0.880. The van der Waals surface area contributed by atoms with E-state index in [9.17, 15) is 0 Å². The Hall–Kier alpha value is -2.08. The maximum atomic E-state index is 4.65. The van der Waals surface area contributed by atoms with E-state index in [2.05, 4.69) is 43.6 Å². The van der Waals surface area contributed by atoms with Crippen LogP contribution in [0.4, 0.5) is 5.82 Å². The molecular weight excluding hydrogens is 288 g/mol. The molecule has 6 nitrogen and oxygen atoms in total. The average molecular weight is 312 g/mol. The lowest BCUT2D eigenvalue weighted by molar-refractivity contribution is 0.452. The first-order valence-corrected chi connectivity index (χ1v) is 8.28. The lowest BCUT2D eigenvalue weighted by Gasteiger charge is -2.23. The first-order chi connectivity index (χ1) is 11.2. The minimum atomic E-state index is 0.238. The molecule has 0 aliphatic carbocycles. The van der Waals surface area contributed by atoms with Gasteiger partial charge in [-0.2, -0.15) is 0 Å². The van der Waals surface area contributed by atoms with Gasteiger partial charge in [0.15, 0.2) is 0 Å². The van der Waals surface area contributed by atoms with E-state index in [4.69, 9.17) is 0 Å². The van der Waals surface area contributed by atoms with Crippen molar-refractivity contribution in [2.45, 2.75) is 45.1 Å². The molecule has 23 heavy (non-hydrogen) atoms. The van der Waals surface area contributed by atoms with Crippen molar-refractivity contribution in [2.75, 3.05) is 18.4 Å². The molecule has 3 heterocycles. The van der Waals surface area contributed by atoms with Gasteiger partial charge in [-0.1, -0.05) is 0 Å². The minimum absolute atomic E-state index is 0.238. The van der Waals surface area contributed by atoms with Crippen molar-refractivity contribution in [3.05, 3.63) is 41.9 Å².